The molecule has 3 aromatic rings. The Bertz CT molecular complexity index is 866. The summed E-state index contributed by atoms with van der Waals surface area (Å²) in [6.07, 6.45) is 0. The zero-order valence-electron chi connectivity index (χ0n) is 11.9. The number of rotatable bonds is 4. The van der Waals surface area contributed by atoms with Crippen LogP contribution in [0.15, 0.2) is 64.8 Å². The zero-order chi connectivity index (χ0) is 16.1. The summed E-state index contributed by atoms with van der Waals surface area (Å²) in [6, 6.07) is 17.3. The van der Waals surface area contributed by atoms with Crippen LogP contribution < -0.4 is 10.2 Å². The van der Waals surface area contributed by atoms with Gasteiger partial charge in [-0.25, -0.2) is 0 Å². The van der Waals surface area contributed by atoms with Gasteiger partial charge in [0.15, 0.2) is 0 Å². The fraction of sp³-hybridized carbons (Fsp3) is 0. The van der Waals surface area contributed by atoms with E-state index in [4.69, 9.17) is 11.0 Å². The predicted molar refractivity (Wildman–Crippen MR) is 93.6 cm³/mol. The van der Waals surface area contributed by atoms with Crippen molar-refractivity contribution >= 4 is 46.6 Å². The van der Waals surface area contributed by atoms with Crippen LogP contribution in [-0.4, -0.2) is 19.9 Å². The van der Waals surface area contributed by atoms with Crippen molar-refractivity contribution in [2.75, 3.05) is 5.73 Å². The first-order valence-electron chi connectivity index (χ1n) is 6.66. The van der Waals surface area contributed by atoms with E-state index in [-0.39, 0.29) is 15.0 Å². The van der Waals surface area contributed by atoms with Crippen molar-refractivity contribution in [2.24, 2.45) is 10.2 Å². The van der Waals surface area contributed by atoms with Crippen LogP contribution in [0.4, 0.5) is 15.8 Å². The fourth-order valence-corrected chi connectivity index (χ4v) is 3.39. The number of nitrogen functional groups attached to an aromatic ring is 1. The molecule has 0 atom stereocenters. The normalized spacial score (nSPS) is 10.7. The van der Waals surface area contributed by atoms with Crippen LogP contribution in [0.3, 0.4) is 0 Å². The standard InChI is InChI=1S/C16H11N5SSe/c17-10-23-13-8-6-12(7-9-13)20-21-15-14(19-16(18)22-15)11-4-2-1-3-5-11/h1-9H,(H2,18,19). The second-order valence-corrected chi connectivity index (χ2v) is 7.27. The first-order valence-corrected chi connectivity index (χ1v) is 9.18. The van der Waals surface area contributed by atoms with E-state index in [1.807, 2.05) is 54.6 Å². The van der Waals surface area contributed by atoms with Gasteiger partial charge in [-0.3, -0.25) is 0 Å². The summed E-state index contributed by atoms with van der Waals surface area (Å²) in [6.45, 7) is 0. The first kappa shape index (κ1) is 15.4. The average Bonchev–Trinajstić information content (AvgIpc) is 2.96. The Kier molecular flexibility index (Phi) is 4.79. The number of nitriles is 1. The Balaban J connectivity index is 1.87. The van der Waals surface area contributed by atoms with Gasteiger partial charge in [0, 0.05) is 0 Å². The van der Waals surface area contributed by atoms with E-state index in [0.29, 0.717) is 10.1 Å². The van der Waals surface area contributed by atoms with Gasteiger partial charge in [0.2, 0.25) is 0 Å². The van der Waals surface area contributed by atoms with E-state index in [0.717, 1.165) is 21.4 Å². The zero-order valence-corrected chi connectivity index (χ0v) is 14.4. The van der Waals surface area contributed by atoms with E-state index < -0.39 is 0 Å². The fourth-order valence-electron chi connectivity index (χ4n) is 1.92. The van der Waals surface area contributed by atoms with Gasteiger partial charge in [0.1, 0.15) is 0 Å². The molecule has 7 heteroatoms. The van der Waals surface area contributed by atoms with Gasteiger partial charge in [0.25, 0.3) is 0 Å². The topological polar surface area (TPSA) is 87.4 Å². The van der Waals surface area contributed by atoms with Crippen LogP contribution in [0.1, 0.15) is 0 Å². The van der Waals surface area contributed by atoms with Crippen LogP contribution in [0, 0.1) is 10.2 Å². The Morgan fingerprint density at radius 1 is 1.04 bits per heavy atom. The third-order valence-electron chi connectivity index (χ3n) is 2.93. The summed E-state index contributed by atoms with van der Waals surface area (Å²) in [5, 5.41) is 18.4. The van der Waals surface area contributed by atoms with Gasteiger partial charge in [-0.1, -0.05) is 0 Å². The molecule has 2 N–H and O–H groups in total. The van der Waals surface area contributed by atoms with Gasteiger partial charge in [-0.05, 0) is 0 Å². The van der Waals surface area contributed by atoms with Crippen molar-refractivity contribution in [3.63, 3.8) is 0 Å². The van der Waals surface area contributed by atoms with E-state index in [1.165, 1.54) is 11.3 Å². The molecule has 0 bridgehead atoms. The molecule has 2 aromatic carbocycles. The summed E-state index contributed by atoms with van der Waals surface area (Å²) in [5.74, 6) is 0. The predicted octanol–water partition coefficient (Wildman–Crippen LogP) is 3.62. The van der Waals surface area contributed by atoms with Gasteiger partial charge < -0.3 is 0 Å². The molecular weight excluding hydrogens is 373 g/mol. The van der Waals surface area contributed by atoms with Crippen molar-refractivity contribution in [2.45, 2.75) is 0 Å². The van der Waals surface area contributed by atoms with Crippen molar-refractivity contribution < 1.29 is 0 Å². The van der Waals surface area contributed by atoms with E-state index in [9.17, 15) is 0 Å². The Hall–Kier alpha value is -2.52. The average molecular weight is 384 g/mol. The summed E-state index contributed by atoms with van der Waals surface area (Å²) in [5.41, 5.74) is 8.24. The second kappa shape index (κ2) is 7.16. The molecule has 1 heterocycles. The molecule has 0 amide bonds. The SMILES string of the molecule is N#C[Se]c1ccc(N=Nc2sc(N)nc2-c2ccccc2)cc1. The molecule has 3 rings (SSSR count). The van der Waals surface area contributed by atoms with Crippen LogP contribution in [0.2, 0.25) is 0 Å². The minimum atomic E-state index is -0.151. The van der Waals surface area contributed by atoms with Crippen molar-refractivity contribution in [1.29, 1.82) is 5.26 Å². The number of nitrogens with zero attached hydrogens (tertiary/aromatic N) is 4. The van der Waals surface area contributed by atoms with Crippen LogP contribution in [0.5, 0.6) is 0 Å². The molecular formula is C16H11N5SSe. The number of thiazole rings is 1. The quantitative estimate of drug-likeness (QED) is 0.551. The summed E-state index contributed by atoms with van der Waals surface area (Å²) in [4.78, 5) is 6.52. The molecule has 0 saturated carbocycles. The number of hydrogen-bond acceptors (Lipinski definition) is 6. The number of anilines is 1. The number of hydrogen-bond donors (Lipinski definition) is 1. The number of azo groups is 1. The maximum atomic E-state index is 8.70. The van der Waals surface area contributed by atoms with E-state index in [1.54, 1.807) is 0 Å². The Morgan fingerprint density at radius 2 is 1.78 bits per heavy atom. The molecule has 23 heavy (non-hydrogen) atoms. The second-order valence-electron chi connectivity index (χ2n) is 4.46. The first-order chi connectivity index (χ1) is 11.3. The molecule has 0 saturated heterocycles. The molecule has 0 fully saturated rings. The van der Waals surface area contributed by atoms with Gasteiger partial charge in [-0.15, -0.1) is 0 Å². The number of benzene rings is 2. The van der Waals surface area contributed by atoms with Gasteiger partial charge in [-0.2, -0.15) is 0 Å². The minimum absolute atomic E-state index is 0.151. The number of nitrogens with two attached hydrogens (primary N) is 1. The molecule has 0 aliphatic rings. The maximum absolute atomic E-state index is 8.70. The third-order valence-corrected chi connectivity index (χ3v) is 4.96. The molecule has 112 valence electrons. The number of aromatic nitrogens is 1. The van der Waals surface area contributed by atoms with Crippen molar-refractivity contribution in [1.82, 2.24) is 4.98 Å². The van der Waals surface area contributed by atoms with Crippen LogP contribution in [-0.2, 0) is 0 Å². The van der Waals surface area contributed by atoms with E-state index in [2.05, 4.69) is 20.2 Å². The molecule has 0 aliphatic carbocycles. The molecule has 5 nitrogen and oxygen atoms in total. The van der Waals surface area contributed by atoms with E-state index >= 15 is 0 Å². The van der Waals surface area contributed by atoms with Gasteiger partial charge >= 0.3 is 144 Å². The summed E-state index contributed by atoms with van der Waals surface area (Å²) >= 11 is 1.16. The van der Waals surface area contributed by atoms with Crippen molar-refractivity contribution in [3.05, 3.63) is 54.6 Å². The molecule has 0 spiro atoms. The molecule has 0 radical (unpaired) electrons. The summed E-state index contributed by atoms with van der Waals surface area (Å²) in [7, 11) is 0. The third kappa shape index (κ3) is 3.82. The molecule has 1 aromatic heterocycles. The van der Waals surface area contributed by atoms with Gasteiger partial charge in [0.05, 0.1) is 0 Å². The Morgan fingerprint density at radius 3 is 2.48 bits per heavy atom. The summed E-state index contributed by atoms with van der Waals surface area (Å²) < 4.78 is 1.02. The molecule has 0 aliphatic heterocycles. The van der Waals surface area contributed by atoms with Crippen LogP contribution in [0.25, 0.3) is 11.3 Å². The van der Waals surface area contributed by atoms with Crippen molar-refractivity contribution in [3.8, 4) is 16.2 Å². The monoisotopic (exact) mass is 385 g/mol. The Labute approximate surface area is 143 Å². The van der Waals surface area contributed by atoms with Crippen LogP contribution >= 0.6 is 11.3 Å². The molecule has 0 unspecified atom stereocenters.